The first-order valence-corrected chi connectivity index (χ1v) is 3.27. The summed E-state index contributed by atoms with van der Waals surface area (Å²) in [6, 6.07) is 4.82. The molecule has 0 saturated heterocycles. The zero-order valence-electron chi connectivity index (χ0n) is 6.15. The van der Waals surface area contributed by atoms with Crippen LogP contribution in [-0.4, -0.2) is 15.3 Å². The predicted octanol–water partition coefficient (Wildman–Crippen LogP) is 0.684. The monoisotopic (exact) mass is 154 g/mol. The van der Waals surface area contributed by atoms with E-state index in [2.05, 4.69) is 0 Å². The number of aromatic hydroxyl groups is 1. The molecule has 0 aliphatic heterocycles. The third-order valence-corrected chi connectivity index (χ3v) is 1.55. The molecule has 1 aromatic carbocycles. The van der Waals surface area contributed by atoms with Crippen molar-refractivity contribution in [3.8, 4) is 5.75 Å². The lowest BCUT2D eigenvalue weighted by Gasteiger charge is -2.07. The van der Waals surface area contributed by atoms with Gasteiger partial charge in [0.15, 0.2) is 6.29 Å². The summed E-state index contributed by atoms with van der Waals surface area (Å²) in [4.78, 5) is 0. The fourth-order valence-electron chi connectivity index (χ4n) is 0.890. The SMILES string of the molecule is Cc1cccc(C(O)O)c1O. The van der Waals surface area contributed by atoms with Crippen LogP contribution in [0.15, 0.2) is 18.2 Å². The molecule has 0 aliphatic rings. The molecule has 0 radical (unpaired) electrons. The van der Waals surface area contributed by atoms with Crippen molar-refractivity contribution in [2.45, 2.75) is 13.2 Å². The molecule has 11 heavy (non-hydrogen) atoms. The second-order valence-electron chi connectivity index (χ2n) is 2.39. The van der Waals surface area contributed by atoms with E-state index in [1.54, 1.807) is 19.1 Å². The minimum atomic E-state index is -1.60. The number of aliphatic hydroxyl groups excluding tert-OH is 1. The topological polar surface area (TPSA) is 60.7 Å². The molecular formula is C8H10O3. The highest BCUT2D eigenvalue weighted by atomic mass is 16.5. The minimum Gasteiger partial charge on any atom is -0.507 e. The quantitative estimate of drug-likeness (QED) is 0.521. The molecule has 0 bridgehead atoms. The highest BCUT2D eigenvalue weighted by Crippen LogP contribution is 2.25. The Kier molecular flexibility index (Phi) is 2.12. The van der Waals surface area contributed by atoms with Crippen LogP contribution in [0.25, 0.3) is 0 Å². The van der Waals surface area contributed by atoms with E-state index in [1.165, 1.54) is 6.07 Å². The van der Waals surface area contributed by atoms with Gasteiger partial charge in [0.25, 0.3) is 0 Å². The highest BCUT2D eigenvalue weighted by Gasteiger charge is 2.08. The van der Waals surface area contributed by atoms with Crippen LogP contribution in [0.4, 0.5) is 0 Å². The summed E-state index contributed by atoms with van der Waals surface area (Å²) in [5.74, 6) is -0.0532. The van der Waals surface area contributed by atoms with Gasteiger partial charge >= 0.3 is 0 Å². The number of rotatable bonds is 1. The Morgan fingerprint density at radius 3 is 2.36 bits per heavy atom. The lowest BCUT2D eigenvalue weighted by atomic mass is 10.1. The Balaban J connectivity index is 3.17. The van der Waals surface area contributed by atoms with Crippen molar-refractivity contribution in [3.05, 3.63) is 29.3 Å². The summed E-state index contributed by atoms with van der Waals surface area (Å²) in [5, 5.41) is 26.7. The summed E-state index contributed by atoms with van der Waals surface area (Å²) in [7, 11) is 0. The fraction of sp³-hybridized carbons (Fsp3) is 0.250. The predicted molar refractivity (Wildman–Crippen MR) is 40.0 cm³/mol. The van der Waals surface area contributed by atoms with Crippen molar-refractivity contribution in [2.75, 3.05) is 0 Å². The molecule has 1 rings (SSSR count). The molecule has 0 heterocycles. The van der Waals surface area contributed by atoms with Gasteiger partial charge in [-0.25, -0.2) is 0 Å². The third kappa shape index (κ3) is 1.50. The second kappa shape index (κ2) is 2.90. The Morgan fingerprint density at radius 2 is 1.91 bits per heavy atom. The van der Waals surface area contributed by atoms with Gasteiger partial charge in [-0.05, 0) is 12.5 Å². The molecule has 0 amide bonds. The van der Waals surface area contributed by atoms with Gasteiger partial charge in [-0.3, -0.25) is 0 Å². The van der Waals surface area contributed by atoms with Gasteiger partial charge < -0.3 is 15.3 Å². The highest BCUT2D eigenvalue weighted by molar-refractivity contribution is 5.39. The molecule has 0 aromatic heterocycles. The van der Waals surface area contributed by atoms with E-state index in [1.807, 2.05) is 0 Å². The van der Waals surface area contributed by atoms with Gasteiger partial charge in [0.05, 0.1) is 0 Å². The minimum absolute atomic E-state index is 0.0532. The molecule has 3 heteroatoms. The Labute approximate surface area is 64.5 Å². The maximum Gasteiger partial charge on any atom is 0.182 e. The normalized spacial score (nSPS) is 10.5. The summed E-state index contributed by atoms with van der Waals surface area (Å²) >= 11 is 0. The summed E-state index contributed by atoms with van der Waals surface area (Å²) in [5.41, 5.74) is 0.778. The summed E-state index contributed by atoms with van der Waals surface area (Å²) < 4.78 is 0. The van der Waals surface area contributed by atoms with E-state index in [-0.39, 0.29) is 11.3 Å². The molecule has 3 nitrogen and oxygen atoms in total. The molecule has 0 spiro atoms. The number of para-hydroxylation sites is 1. The van der Waals surface area contributed by atoms with Crippen molar-refractivity contribution >= 4 is 0 Å². The standard InChI is InChI=1S/C8H10O3/c1-5-3-2-4-6(7(5)9)8(10)11/h2-4,8-11H,1H3. The Bertz CT molecular complexity index is 256. The van der Waals surface area contributed by atoms with Gasteiger partial charge in [0.2, 0.25) is 0 Å². The molecule has 3 N–H and O–H groups in total. The summed E-state index contributed by atoms with van der Waals surface area (Å²) in [6.07, 6.45) is -1.60. The van der Waals surface area contributed by atoms with E-state index in [0.29, 0.717) is 5.56 Å². The number of phenols is 1. The number of hydrogen-bond acceptors (Lipinski definition) is 3. The molecular weight excluding hydrogens is 144 g/mol. The van der Waals surface area contributed by atoms with Gasteiger partial charge in [-0.15, -0.1) is 0 Å². The van der Waals surface area contributed by atoms with Crippen LogP contribution in [0.1, 0.15) is 17.4 Å². The van der Waals surface area contributed by atoms with Crippen LogP contribution in [-0.2, 0) is 0 Å². The van der Waals surface area contributed by atoms with Gasteiger partial charge in [0.1, 0.15) is 5.75 Å². The Morgan fingerprint density at radius 1 is 1.27 bits per heavy atom. The first-order chi connectivity index (χ1) is 5.13. The third-order valence-electron chi connectivity index (χ3n) is 1.55. The van der Waals surface area contributed by atoms with E-state index in [9.17, 15) is 5.11 Å². The van der Waals surface area contributed by atoms with Crippen molar-refractivity contribution in [1.29, 1.82) is 0 Å². The van der Waals surface area contributed by atoms with Gasteiger partial charge in [0, 0.05) is 5.56 Å². The van der Waals surface area contributed by atoms with Crippen LogP contribution < -0.4 is 0 Å². The van der Waals surface area contributed by atoms with E-state index < -0.39 is 6.29 Å². The average Bonchev–Trinajstić information content (AvgIpc) is 1.94. The molecule has 60 valence electrons. The number of benzene rings is 1. The molecule has 0 aliphatic carbocycles. The summed E-state index contributed by atoms with van der Waals surface area (Å²) in [6.45, 7) is 1.70. The van der Waals surface area contributed by atoms with Crippen molar-refractivity contribution in [2.24, 2.45) is 0 Å². The number of hydrogen-bond donors (Lipinski definition) is 3. The van der Waals surface area contributed by atoms with Crippen molar-refractivity contribution in [3.63, 3.8) is 0 Å². The van der Waals surface area contributed by atoms with Crippen molar-refractivity contribution in [1.82, 2.24) is 0 Å². The van der Waals surface area contributed by atoms with Crippen LogP contribution in [0.3, 0.4) is 0 Å². The van der Waals surface area contributed by atoms with Crippen LogP contribution in [0.2, 0.25) is 0 Å². The van der Waals surface area contributed by atoms with E-state index in [0.717, 1.165) is 0 Å². The number of aliphatic hydroxyl groups is 2. The van der Waals surface area contributed by atoms with E-state index in [4.69, 9.17) is 10.2 Å². The maximum atomic E-state index is 9.25. The number of aryl methyl sites for hydroxylation is 1. The lowest BCUT2D eigenvalue weighted by Crippen LogP contribution is -1.95. The van der Waals surface area contributed by atoms with E-state index >= 15 is 0 Å². The lowest BCUT2D eigenvalue weighted by molar-refractivity contribution is -0.0439. The Hall–Kier alpha value is -1.06. The molecule has 0 fully saturated rings. The first-order valence-electron chi connectivity index (χ1n) is 3.27. The largest absolute Gasteiger partial charge is 0.507 e. The zero-order valence-corrected chi connectivity index (χ0v) is 6.15. The first kappa shape index (κ1) is 8.04. The fourth-order valence-corrected chi connectivity index (χ4v) is 0.890. The van der Waals surface area contributed by atoms with Gasteiger partial charge in [-0.2, -0.15) is 0 Å². The smallest absolute Gasteiger partial charge is 0.182 e. The van der Waals surface area contributed by atoms with Crippen LogP contribution in [0.5, 0.6) is 5.75 Å². The molecule has 1 aromatic rings. The zero-order chi connectivity index (χ0) is 8.43. The van der Waals surface area contributed by atoms with Crippen LogP contribution >= 0.6 is 0 Å². The molecule has 0 atom stereocenters. The van der Waals surface area contributed by atoms with Crippen LogP contribution in [0, 0.1) is 6.92 Å². The molecule has 0 saturated carbocycles. The second-order valence-corrected chi connectivity index (χ2v) is 2.39. The number of phenolic OH excluding ortho intramolecular Hbond substituents is 1. The van der Waals surface area contributed by atoms with Crippen molar-refractivity contribution < 1.29 is 15.3 Å². The molecule has 0 unspecified atom stereocenters. The van der Waals surface area contributed by atoms with Gasteiger partial charge in [-0.1, -0.05) is 18.2 Å². The average molecular weight is 154 g/mol. The maximum absolute atomic E-state index is 9.25.